The molecule has 35 heavy (non-hydrogen) atoms. The molecule has 8 nitrogen and oxygen atoms in total. The predicted molar refractivity (Wildman–Crippen MR) is 136 cm³/mol. The molecule has 0 aromatic heterocycles. The summed E-state index contributed by atoms with van der Waals surface area (Å²) in [7, 11) is -1.46. The molecule has 1 atom stereocenters. The molecule has 0 aliphatic rings. The summed E-state index contributed by atoms with van der Waals surface area (Å²) in [6, 6.07) is 10.7. The number of rotatable bonds is 9. The van der Waals surface area contributed by atoms with Gasteiger partial charge >= 0.3 is 10.2 Å². The van der Waals surface area contributed by atoms with Gasteiger partial charge in [-0.25, -0.2) is 8.70 Å². The molecule has 0 heterocycles. The van der Waals surface area contributed by atoms with Crippen LogP contribution < -0.4 is 9.62 Å². The minimum Gasteiger partial charge on any atom is -0.350 e. The van der Waals surface area contributed by atoms with Crippen LogP contribution in [-0.4, -0.2) is 61.7 Å². The second kappa shape index (κ2) is 11.4. The number of hydrogen-bond acceptors (Lipinski definition) is 4. The average Bonchev–Trinajstić information content (AvgIpc) is 2.75. The standard InChI is InChI=1S/C24H32ClFN4O4S/c1-17(23(32)27-24(2,3)4)29(15-18-9-7-8-10-21(18)25)22(31)16-30(35(33,34)28(5)6)20-13-11-19(26)12-14-20/h7-14,17H,15-16H2,1-6H3,(H,27,32)/t17-/m0/s1. The van der Waals surface area contributed by atoms with Crippen molar-refractivity contribution in [2.75, 3.05) is 24.9 Å². The van der Waals surface area contributed by atoms with Crippen LogP contribution in [0.2, 0.25) is 5.02 Å². The lowest BCUT2D eigenvalue weighted by Crippen LogP contribution is -2.55. The van der Waals surface area contributed by atoms with E-state index in [4.69, 9.17) is 11.6 Å². The molecule has 2 aromatic carbocycles. The van der Waals surface area contributed by atoms with Crippen LogP contribution in [0.15, 0.2) is 48.5 Å². The first-order valence-electron chi connectivity index (χ1n) is 10.9. The van der Waals surface area contributed by atoms with Gasteiger partial charge in [0, 0.05) is 31.2 Å². The topological polar surface area (TPSA) is 90.0 Å². The minimum absolute atomic E-state index is 0.0174. The number of nitrogens with one attached hydrogen (secondary N) is 1. The summed E-state index contributed by atoms with van der Waals surface area (Å²) < 4.78 is 41.5. The Bertz CT molecular complexity index is 1150. The highest BCUT2D eigenvalue weighted by Gasteiger charge is 2.33. The number of nitrogens with zero attached hydrogens (tertiary/aromatic N) is 3. The van der Waals surface area contributed by atoms with E-state index < -0.39 is 46.0 Å². The highest BCUT2D eigenvalue weighted by atomic mass is 35.5. The summed E-state index contributed by atoms with van der Waals surface area (Å²) in [4.78, 5) is 27.8. The third kappa shape index (κ3) is 7.65. The number of amides is 2. The van der Waals surface area contributed by atoms with Gasteiger partial charge in [0.05, 0.1) is 5.69 Å². The lowest BCUT2D eigenvalue weighted by Gasteiger charge is -2.34. The van der Waals surface area contributed by atoms with Gasteiger partial charge in [0.25, 0.3) is 0 Å². The summed E-state index contributed by atoms with van der Waals surface area (Å²) in [5.41, 5.74) is 0.165. The molecule has 0 bridgehead atoms. The molecule has 0 spiro atoms. The van der Waals surface area contributed by atoms with Crippen molar-refractivity contribution in [1.82, 2.24) is 14.5 Å². The molecule has 2 aromatic rings. The van der Waals surface area contributed by atoms with E-state index in [1.807, 2.05) is 20.8 Å². The summed E-state index contributed by atoms with van der Waals surface area (Å²) >= 11 is 6.31. The van der Waals surface area contributed by atoms with E-state index in [0.717, 1.165) is 20.7 Å². The Morgan fingerprint density at radius 2 is 1.63 bits per heavy atom. The highest BCUT2D eigenvalue weighted by Crippen LogP contribution is 2.23. The van der Waals surface area contributed by atoms with Gasteiger partial charge in [-0.2, -0.15) is 12.7 Å². The summed E-state index contributed by atoms with van der Waals surface area (Å²) in [6.07, 6.45) is 0. The number of halogens is 2. The van der Waals surface area contributed by atoms with Crippen molar-refractivity contribution >= 4 is 39.3 Å². The van der Waals surface area contributed by atoms with Crippen LogP contribution in [0, 0.1) is 5.82 Å². The van der Waals surface area contributed by atoms with Crippen molar-refractivity contribution in [1.29, 1.82) is 0 Å². The Morgan fingerprint density at radius 3 is 2.14 bits per heavy atom. The largest absolute Gasteiger partial charge is 0.350 e. The minimum atomic E-state index is -4.12. The Hall–Kier alpha value is -2.69. The molecule has 0 fully saturated rings. The van der Waals surface area contributed by atoms with E-state index in [2.05, 4.69) is 5.32 Å². The van der Waals surface area contributed by atoms with Crippen LogP contribution in [-0.2, 0) is 26.3 Å². The first kappa shape index (κ1) is 28.5. The highest BCUT2D eigenvalue weighted by molar-refractivity contribution is 7.90. The van der Waals surface area contributed by atoms with Crippen molar-refractivity contribution in [3.63, 3.8) is 0 Å². The lowest BCUT2D eigenvalue weighted by molar-refractivity contribution is -0.140. The first-order chi connectivity index (χ1) is 16.1. The fourth-order valence-electron chi connectivity index (χ4n) is 3.19. The third-order valence-corrected chi connectivity index (χ3v) is 7.29. The molecule has 0 unspecified atom stereocenters. The Kier molecular flexibility index (Phi) is 9.27. The maximum atomic E-state index is 13.6. The van der Waals surface area contributed by atoms with E-state index in [9.17, 15) is 22.4 Å². The molecule has 11 heteroatoms. The molecule has 2 amide bonds. The van der Waals surface area contributed by atoms with E-state index in [1.54, 1.807) is 31.2 Å². The molecule has 0 aliphatic heterocycles. The lowest BCUT2D eigenvalue weighted by atomic mass is 10.1. The fourth-order valence-corrected chi connectivity index (χ4v) is 4.44. The van der Waals surface area contributed by atoms with Crippen LogP contribution in [0.4, 0.5) is 10.1 Å². The van der Waals surface area contributed by atoms with Gasteiger partial charge in [0.15, 0.2) is 0 Å². The Balaban J connectivity index is 2.48. The first-order valence-corrected chi connectivity index (χ1v) is 12.7. The summed E-state index contributed by atoms with van der Waals surface area (Å²) in [6.45, 7) is 6.39. The summed E-state index contributed by atoms with van der Waals surface area (Å²) in [5, 5.41) is 3.25. The van der Waals surface area contributed by atoms with E-state index >= 15 is 0 Å². The monoisotopic (exact) mass is 526 g/mol. The average molecular weight is 527 g/mol. The Morgan fingerprint density at radius 1 is 1.06 bits per heavy atom. The fraction of sp³-hybridized carbons (Fsp3) is 0.417. The number of benzene rings is 2. The molecular weight excluding hydrogens is 495 g/mol. The zero-order valence-corrected chi connectivity index (χ0v) is 22.3. The van der Waals surface area contributed by atoms with Crippen LogP contribution >= 0.6 is 11.6 Å². The molecule has 0 aliphatic carbocycles. The summed E-state index contributed by atoms with van der Waals surface area (Å²) in [5.74, 6) is -1.58. The molecule has 2 rings (SSSR count). The van der Waals surface area contributed by atoms with E-state index in [1.165, 1.54) is 31.1 Å². The van der Waals surface area contributed by atoms with Gasteiger partial charge in [0.2, 0.25) is 11.8 Å². The van der Waals surface area contributed by atoms with Gasteiger partial charge < -0.3 is 10.2 Å². The molecule has 0 saturated heterocycles. The van der Waals surface area contributed by atoms with Crippen LogP contribution in [0.25, 0.3) is 0 Å². The number of carbonyl (C=O) groups is 2. The number of carbonyl (C=O) groups excluding carboxylic acids is 2. The van der Waals surface area contributed by atoms with Crippen molar-refractivity contribution < 1.29 is 22.4 Å². The quantitative estimate of drug-likeness (QED) is 0.542. The number of anilines is 1. The van der Waals surface area contributed by atoms with Crippen molar-refractivity contribution in [2.24, 2.45) is 0 Å². The molecule has 1 N–H and O–H groups in total. The molecule has 192 valence electrons. The maximum Gasteiger partial charge on any atom is 0.304 e. The van der Waals surface area contributed by atoms with Crippen LogP contribution in [0.3, 0.4) is 0 Å². The zero-order chi connectivity index (χ0) is 26.6. The van der Waals surface area contributed by atoms with Gasteiger partial charge in [0.1, 0.15) is 18.4 Å². The van der Waals surface area contributed by atoms with Gasteiger partial charge in [-0.05, 0) is 63.6 Å². The van der Waals surface area contributed by atoms with Crippen LogP contribution in [0.1, 0.15) is 33.3 Å². The second-order valence-electron chi connectivity index (χ2n) is 9.30. The zero-order valence-electron chi connectivity index (χ0n) is 20.7. The molecule has 0 radical (unpaired) electrons. The Labute approximate surface area is 211 Å². The third-order valence-electron chi connectivity index (χ3n) is 5.10. The molecule has 0 saturated carbocycles. The van der Waals surface area contributed by atoms with Crippen LogP contribution in [0.5, 0.6) is 0 Å². The normalized spacial score (nSPS) is 12.8. The molecular formula is C24H32ClFN4O4S. The van der Waals surface area contributed by atoms with Gasteiger partial charge in [-0.3, -0.25) is 9.59 Å². The van der Waals surface area contributed by atoms with Crippen molar-refractivity contribution in [3.05, 3.63) is 64.9 Å². The van der Waals surface area contributed by atoms with Gasteiger partial charge in [-0.1, -0.05) is 29.8 Å². The maximum absolute atomic E-state index is 13.6. The van der Waals surface area contributed by atoms with Gasteiger partial charge in [-0.15, -0.1) is 0 Å². The second-order valence-corrected chi connectivity index (χ2v) is 11.8. The van der Waals surface area contributed by atoms with E-state index in [0.29, 0.717) is 10.6 Å². The predicted octanol–water partition coefficient (Wildman–Crippen LogP) is 3.42. The van der Waals surface area contributed by atoms with Crippen molar-refractivity contribution in [2.45, 2.75) is 45.8 Å². The van der Waals surface area contributed by atoms with E-state index in [-0.39, 0.29) is 12.2 Å². The SMILES string of the molecule is C[C@@H](C(=O)NC(C)(C)C)N(Cc1ccccc1Cl)C(=O)CN(c1ccc(F)cc1)S(=O)(=O)N(C)C. The number of hydrogen-bond donors (Lipinski definition) is 1. The smallest absolute Gasteiger partial charge is 0.304 e. The van der Waals surface area contributed by atoms with Crippen molar-refractivity contribution in [3.8, 4) is 0 Å².